The average Bonchev–Trinajstić information content (AvgIpc) is 2.64. The van der Waals surface area contributed by atoms with Crippen LogP contribution in [0.2, 0.25) is 5.02 Å². The molecule has 0 spiro atoms. The number of halogens is 1. The third kappa shape index (κ3) is 3.28. The quantitative estimate of drug-likeness (QED) is 0.447. The largest absolute Gasteiger partial charge is 0.508 e. The van der Waals surface area contributed by atoms with Gasteiger partial charge in [-0.15, -0.1) is 0 Å². The second-order valence-corrected chi connectivity index (χ2v) is 6.21. The van der Waals surface area contributed by atoms with Gasteiger partial charge < -0.3 is 10.4 Å². The van der Waals surface area contributed by atoms with Gasteiger partial charge in [0.25, 0.3) is 0 Å². The highest BCUT2D eigenvalue weighted by Gasteiger charge is 2.06. The number of hydrogen-bond acceptors (Lipinski definition) is 3. The van der Waals surface area contributed by atoms with Crippen molar-refractivity contribution < 1.29 is 5.11 Å². The monoisotopic (exact) mass is 346 g/mol. The van der Waals surface area contributed by atoms with E-state index >= 15 is 0 Å². The van der Waals surface area contributed by atoms with Crippen molar-refractivity contribution in [1.82, 2.24) is 4.98 Å². The molecule has 4 aromatic rings. The van der Waals surface area contributed by atoms with Crippen LogP contribution >= 0.6 is 11.6 Å². The first-order valence-corrected chi connectivity index (χ1v) is 8.28. The molecular weight excluding hydrogens is 332 g/mol. The standard InChI is InChI=1S/C21H15ClN2O/c22-16-4-1-14(2-5-16)15-3-10-20-19(13-15)21(11-12-23-20)24-17-6-8-18(25)9-7-17/h1-13,25H,(H,23,24). The Hall–Kier alpha value is -3.04. The number of rotatable bonds is 3. The molecule has 122 valence electrons. The second-order valence-electron chi connectivity index (χ2n) is 5.77. The Labute approximate surface area is 150 Å². The highest BCUT2D eigenvalue weighted by molar-refractivity contribution is 6.30. The summed E-state index contributed by atoms with van der Waals surface area (Å²) in [7, 11) is 0. The van der Waals surface area contributed by atoms with Gasteiger partial charge in [-0.2, -0.15) is 0 Å². The van der Waals surface area contributed by atoms with E-state index in [9.17, 15) is 5.11 Å². The van der Waals surface area contributed by atoms with E-state index in [2.05, 4.69) is 22.4 Å². The topological polar surface area (TPSA) is 45.1 Å². The van der Waals surface area contributed by atoms with Crippen molar-refractivity contribution in [3.05, 3.63) is 84.0 Å². The summed E-state index contributed by atoms with van der Waals surface area (Å²) in [6.07, 6.45) is 1.78. The Balaban J connectivity index is 1.77. The summed E-state index contributed by atoms with van der Waals surface area (Å²) in [6, 6.07) is 22.9. The van der Waals surface area contributed by atoms with Crippen molar-refractivity contribution in [2.45, 2.75) is 0 Å². The maximum absolute atomic E-state index is 9.43. The molecule has 0 bridgehead atoms. The molecule has 0 aliphatic heterocycles. The van der Waals surface area contributed by atoms with Gasteiger partial charge in [0.2, 0.25) is 0 Å². The molecule has 0 fully saturated rings. The first-order valence-electron chi connectivity index (χ1n) is 7.90. The Morgan fingerprint density at radius 2 is 1.52 bits per heavy atom. The van der Waals surface area contributed by atoms with Crippen LogP contribution in [0.1, 0.15) is 0 Å². The van der Waals surface area contributed by atoms with E-state index in [-0.39, 0.29) is 5.75 Å². The second kappa shape index (κ2) is 6.46. The highest BCUT2D eigenvalue weighted by Crippen LogP contribution is 2.30. The molecule has 25 heavy (non-hydrogen) atoms. The summed E-state index contributed by atoms with van der Waals surface area (Å²) < 4.78 is 0. The normalized spacial score (nSPS) is 10.8. The number of phenols is 1. The molecular formula is C21H15ClN2O. The van der Waals surface area contributed by atoms with Crippen LogP contribution in [0, 0.1) is 0 Å². The lowest BCUT2D eigenvalue weighted by Crippen LogP contribution is -1.92. The third-order valence-electron chi connectivity index (χ3n) is 4.07. The van der Waals surface area contributed by atoms with Crippen molar-refractivity contribution in [2.75, 3.05) is 5.32 Å². The number of pyridine rings is 1. The zero-order chi connectivity index (χ0) is 17.2. The molecule has 1 heterocycles. The number of aromatic nitrogens is 1. The van der Waals surface area contributed by atoms with Crippen molar-refractivity contribution in [1.29, 1.82) is 0 Å². The molecule has 0 saturated heterocycles. The Kier molecular flexibility index (Phi) is 4.00. The van der Waals surface area contributed by atoms with Gasteiger partial charge >= 0.3 is 0 Å². The lowest BCUT2D eigenvalue weighted by molar-refractivity contribution is 0.475. The van der Waals surface area contributed by atoms with E-state index in [1.54, 1.807) is 18.3 Å². The molecule has 0 radical (unpaired) electrons. The summed E-state index contributed by atoms with van der Waals surface area (Å²) in [5.74, 6) is 0.246. The Bertz CT molecular complexity index is 1030. The number of hydrogen-bond donors (Lipinski definition) is 2. The summed E-state index contributed by atoms with van der Waals surface area (Å²) in [6.45, 7) is 0. The fraction of sp³-hybridized carbons (Fsp3) is 0. The third-order valence-corrected chi connectivity index (χ3v) is 4.32. The molecule has 0 amide bonds. The van der Waals surface area contributed by atoms with E-state index in [0.29, 0.717) is 0 Å². The van der Waals surface area contributed by atoms with Crippen molar-refractivity contribution in [3.8, 4) is 16.9 Å². The van der Waals surface area contributed by atoms with Gasteiger partial charge in [0.05, 0.1) is 5.52 Å². The lowest BCUT2D eigenvalue weighted by atomic mass is 10.0. The molecule has 3 nitrogen and oxygen atoms in total. The minimum atomic E-state index is 0.246. The van der Waals surface area contributed by atoms with Gasteiger partial charge in [-0.05, 0) is 65.7 Å². The van der Waals surface area contributed by atoms with Crippen molar-refractivity contribution in [2.24, 2.45) is 0 Å². The summed E-state index contributed by atoms with van der Waals surface area (Å²) in [4.78, 5) is 4.45. The van der Waals surface area contributed by atoms with Gasteiger partial charge in [0.15, 0.2) is 0 Å². The maximum Gasteiger partial charge on any atom is 0.115 e. The van der Waals surface area contributed by atoms with Crippen molar-refractivity contribution in [3.63, 3.8) is 0 Å². The number of anilines is 2. The van der Waals surface area contributed by atoms with Gasteiger partial charge in [-0.25, -0.2) is 0 Å². The van der Waals surface area contributed by atoms with Crippen molar-refractivity contribution >= 4 is 33.9 Å². The van der Waals surface area contributed by atoms with Crippen LogP contribution in [0.5, 0.6) is 5.75 Å². The van der Waals surface area contributed by atoms with E-state index in [4.69, 9.17) is 11.6 Å². The average molecular weight is 347 g/mol. The van der Waals surface area contributed by atoms with E-state index in [0.717, 1.165) is 38.4 Å². The van der Waals surface area contributed by atoms with E-state index < -0.39 is 0 Å². The molecule has 0 atom stereocenters. The molecule has 0 saturated carbocycles. The molecule has 4 rings (SSSR count). The maximum atomic E-state index is 9.43. The zero-order valence-electron chi connectivity index (χ0n) is 13.3. The van der Waals surface area contributed by atoms with Gasteiger partial charge in [-0.1, -0.05) is 29.8 Å². The van der Waals surface area contributed by atoms with Crippen LogP contribution < -0.4 is 5.32 Å². The van der Waals surface area contributed by atoms with E-state index in [1.807, 2.05) is 48.5 Å². The van der Waals surface area contributed by atoms with E-state index in [1.165, 1.54) is 0 Å². The number of aromatic hydroxyl groups is 1. The van der Waals surface area contributed by atoms with Crippen LogP contribution in [0.15, 0.2) is 79.0 Å². The molecule has 3 aromatic carbocycles. The molecule has 0 aliphatic rings. The van der Waals surface area contributed by atoms with Crippen LogP contribution in [0.25, 0.3) is 22.0 Å². The molecule has 0 aliphatic carbocycles. The predicted octanol–water partition coefficient (Wildman–Crippen LogP) is 6.00. The lowest BCUT2D eigenvalue weighted by Gasteiger charge is -2.11. The zero-order valence-corrected chi connectivity index (χ0v) is 14.0. The highest BCUT2D eigenvalue weighted by atomic mass is 35.5. The predicted molar refractivity (Wildman–Crippen MR) is 104 cm³/mol. The number of fused-ring (bicyclic) bond motifs is 1. The Morgan fingerprint density at radius 3 is 2.28 bits per heavy atom. The first kappa shape index (κ1) is 15.5. The van der Waals surface area contributed by atoms with Crippen LogP contribution in [-0.2, 0) is 0 Å². The number of nitrogens with one attached hydrogen (secondary N) is 1. The van der Waals surface area contributed by atoms with Crippen LogP contribution in [0.3, 0.4) is 0 Å². The minimum absolute atomic E-state index is 0.246. The van der Waals surface area contributed by atoms with Crippen LogP contribution in [-0.4, -0.2) is 10.1 Å². The summed E-state index contributed by atoms with van der Waals surface area (Å²) in [5, 5.41) is 14.6. The molecule has 2 N–H and O–H groups in total. The van der Waals surface area contributed by atoms with Gasteiger partial charge in [0, 0.05) is 28.0 Å². The van der Waals surface area contributed by atoms with Gasteiger partial charge in [0.1, 0.15) is 5.75 Å². The molecule has 0 unspecified atom stereocenters. The number of benzene rings is 3. The smallest absolute Gasteiger partial charge is 0.115 e. The molecule has 4 heteroatoms. The first-order chi connectivity index (χ1) is 12.2. The van der Waals surface area contributed by atoms with Crippen LogP contribution in [0.4, 0.5) is 11.4 Å². The Morgan fingerprint density at radius 1 is 0.800 bits per heavy atom. The SMILES string of the molecule is Oc1ccc(Nc2ccnc3ccc(-c4ccc(Cl)cc4)cc23)cc1. The number of phenolic OH excluding ortho intramolecular Hbond substituents is 1. The minimum Gasteiger partial charge on any atom is -0.508 e. The summed E-state index contributed by atoms with van der Waals surface area (Å²) in [5.41, 5.74) is 4.99. The number of nitrogens with zero attached hydrogens (tertiary/aromatic N) is 1. The summed E-state index contributed by atoms with van der Waals surface area (Å²) >= 11 is 5.98. The van der Waals surface area contributed by atoms with Gasteiger partial charge in [-0.3, -0.25) is 4.98 Å². The molecule has 1 aromatic heterocycles. The fourth-order valence-electron chi connectivity index (χ4n) is 2.78. The fourth-order valence-corrected chi connectivity index (χ4v) is 2.90.